The van der Waals surface area contributed by atoms with Crippen molar-refractivity contribution in [2.75, 3.05) is 0 Å². The molecule has 0 aromatic heterocycles. The molecule has 1 amide bonds. The molecular formula is C17H26N2O3S. The molecule has 1 aromatic rings. The van der Waals surface area contributed by atoms with Crippen molar-refractivity contribution in [3.8, 4) is 0 Å². The number of carbonyl (C=O) groups is 1. The van der Waals surface area contributed by atoms with Crippen molar-refractivity contribution in [2.24, 2.45) is 0 Å². The van der Waals surface area contributed by atoms with Crippen LogP contribution in [0.15, 0.2) is 30.3 Å². The first-order valence-corrected chi connectivity index (χ1v) is 9.05. The van der Waals surface area contributed by atoms with Gasteiger partial charge in [-0.25, -0.2) is 13.7 Å². The quantitative estimate of drug-likeness (QED) is 0.838. The van der Waals surface area contributed by atoms with Crippen LogP contribution in [-0.4, -0.2) is 26.6 Å². The second kappa shape index (κ2) is 7.01. The van der Waals surface area contributed by atoms with Gasteiger partial charge in [0.25, 0.3) is 0 Å². The minimum Gasteiger partial charge on any atom is -0.445 e. The van der Waals surface area contributed by atoms with Gasteiger partial charge in [-0.05, 0) is 46.1 Å². The van der Waals surface area contributed by atoms with E-state index in [2.05, 4.69) is 10.0 Å². The highest BCUT2D eigenvalue weighted by Gasteiger charge is 2.50. The molecule has 0 saturated heterocycles. The Morgan fingerprint density at radius 3 is 2.43 bits per heavy atom. The Labute approximate surface area is 140 Å². The maximum Gasteiger partial charge on any atom is 0.407 e. The predicted octanol–water partition coefficient (Wildman–Crippen LogP) is 2.89. The average Bonchev–Trinajstić information content (AvgIpc) is 3.26. The maximum atomic E-state index is 12.2. The van der Waals surface area contributed by atoms with E-state index in [9.17, 15) is 9.00 Å². The average molecular weight is 338 g/mol. The van der Waals surface area contributed by atoms with Crippen LogP contribution in [0.5, 0.6) is 0 Å². The summed E-state index contributed by atoms with van der Waals surface area (Å²) in [4.78, 5) is 12.0. The Hall–Kier alpha value is -1.40. The van der Waals surface area contributed by atoms with Gasteiger partial charge in [-0.15, -0.1) is 0 Å². The van der Waals surface area contributed by atoms with E-state index in [1.54, 1.807) is 0 Å². The van der Waals surface area contributed by atoms with E-state index < -0.39 is 17.1 Å². The van der Waals surface area contributed by atoms with E-state index >= 15 is 0 Å². The second-order valence-electron chi connectivity index (χ2n) is 7.06. The third-order valence-corrected chi connectivity index (χ3v) is 5.70. The summed E-state index contributed by atoms with van der Waals surface area (Å²) in [5.41, 5.74) is 0.599. The summed E-state index contributed by atoms with van der Waals surface area (Å²) in [5, 5.41) is 2.94. The molecule has 128 valence electrons. The number of amides is 1. The molecule has 0 unspecified atom stereocenters. The number of benzene rings is 1. The zero-order valence-corrected chi connectivity index (χ0v) is 15.0. The molecule has 6 heteroatoms. The summed E-state index contributed by atoms with van der Waals surface area (Å²) in [6, 6.07) is 9.49. The van der Waals surface area contributed by atoms with Crippen LogP contribution in [0.1, 0.15) is 46.1 Å². The van der Waals surface area contributed by atoms with Gasteiger partial charge in [-0.2, -0.15) is 0 Å². The number of hydrogen-bond donors (Lipinski definition) is 2. The van der Waals surface area contributed by atoms with Crippen LogP contribution < -0.4 is 10.0 Å². The molecule has 1 saturated carbocycles. The van der Waals surface area contributed by atoms with E-state index in [0.29, 0.717) is 0 Å². The fraction of sp³-hybridized carbons (Fsp3) is 0.588. The van der Waals surface area contributed by atoms with Crippen molar-refractivity contribution in [3.05, 3.63) is 35.9 Å². The first kappa shape index (κ1) is 17.9. The van der Waals surface area contributed by atoms with Crippen molar-refractivity contribution in [3.63, 3.8) is 0 Å². The highest BCUT2D eigenvalue weighted by molar-refractivity contribution is 7.84. The molecule has 1 aliphatic rings. The van der Waals surface area contributed by atoms with Gasteiger partial charge in [0.2, 0.25) is 0 Å². The Morgan fingerprint density at radius 2 is 1.91 bits per heavy atom. The third-order valence-electron chi connectivity index (χ3n) is 4.02. The van der Waals surface area contributed by atoms with Crippen LogP contribution in [0.25, 0.3) is 0 Å². The van der Waals surface area contributed by atoms with Crippen LogP contribution in [0.2, 0.25) is 0 Å². The highest BCUT2D eigenvalue weighted by Crippen LogP contribution is 2.39. The normalized spacial score (nSPS) is 18.8. The lowest BCUT2D eigenvalue weighted by atomic mass is 10.1. The molecule has 23 heavy (non-hydrogen) atoms. The molecule has 2 rings (SSSR count). The lowest BCUT2D eigenvalue weighted by Crippen LogP contribution is -2.53. The summed E-state index contributed by atoms with van der Waals surface area (Å²) in [6.07, 6.45) is 1.30. The first-order valence-electron chi connectivity index (χ1n) is 7.90. The van der Waals surface area contributed by atoms with Gasteiger partial charge in [-0.1, -0.05) is 30.3 Å². The number of rotatable bonds is 6. The smallest absolute Gasteiger partial charge is 0.407 e. The van der Waals surface area contributed by atoms with Crippen molar-refractivity contribution in [1.29, 1.82) is 0 Å². The van der Waals surface area contributed by atoms with Gasteiger partial charge in [0.1, 0.15) is 6.61 Å². The topological polar surface area (TPSA) is 67.4 Å². The molecular weight excluding hydrogens is 312 g/mol. The van der Waals surface area contributed by atoms with Crippen molar-refractivity contribution < 1.29 is 13.7 Å². The molecule has 1 fully saturated rings. The van der Waals surface area contributed by atoms with Crippen molar-refractivity contribution in [2.45, 2.75) is 63.5 Å². The van der Waals surface area contributed by atoms with E-state index in [0.717, 1.165) is 18.4 Å². The van der Waals surface area contributed by atoms with Gasteiger partial charge in [0, 0.05) is 6.04 Å². The maximum absolute atomic E-state index is 12.2. The summed E-state index contributed by atoms with van der Waals surface area (Å²) >= 11 is 0. The van der Waals surface area contributed by atoms with E-state index in [4.69, 9.17) is 4.74 Å². The lowest BCUT2D eigenvalue weighted by molar-refractivity contribution is 0.132. The molecule has 1 aromatic carbocycles. The monoisotopic (exact) mass is 338 g/mol. The van der Waals surface area contributed by atoms with E-state index in [1.807, 2.05) is 58.0 Å². The van der Waals surface area contributed by atoms with Crippen LogP contribution in [0.4, 0.5) is 4.79 Å². The molecule has 0 heterocycles. The second-order valence-corrected chi connectivity index (χ2v) is 9.06. The molecule has 1 aliphatic carbocycles. The summed E-state index contributed by atoms with van der Waals surface area (Å²) in [6.45, 7) is 7.96. The minimum absolute atomic E-state index is 0.0770. The fourth-order valence-corrected chi connectivity index (χ4v) is 3.11. The standard InChI is InChI=1S/C17H26N2O3S/c1-13(19-23(21)16(2,3)4)17(10-11-17)18-15(20)22-12-14-8-6-5-7-9-14/h5-9,13,19H,10-12H2,1-4H3,(H,18,20)/t13-,23+/m1/s1. The molecule has 0 radical (unpaired) electrons. The van der Waals surface area contributed by atoms with E-state index in [1.165, 1.54) is 0 Å². The molecule has 2 atom stereocenters. The van der Waals surface area contributed by atoms with E-state index in [-0.39, 0.29) is 22.9 Å². The van der Waals surface area contributed by atoms with Crippen LogP contribution >= 0.6 is 0 Å². The first-order chi connectivity index (χ1) is 10.7. The zero-order chi connectivity index (χ0) is 17.1. The molecule has 0 aliphatic heterocycles. The summed E-state index contributed by atoms with van der Waals surface area (Å²) in [7, 11) is -1.16. The molecule has 0 bridgehead atoms. The van der Waals surface area contributed by atoms with Crippen LogP contribution in [-0.2, 0) is 22.3 Å². The zero-order valence-electron chi connectivity index (χ0n) is 14.2. The SMILES string of the molecule is C[C@@H](N[S@@](=O)C(C)(C)C)C1(NC(=O)OCc2ccccc2)CC1. The number of ether oxygens (including phenoxy) is 1. The predicted molar refractivity (Wildman–Crippen MR) is 92.2 cm³/mol. The number of alkyl carbamates (subject to hydrolysis) is 1. The summed E-state index contributed by atoms with van der Waals surface area (Å²) < 4.78 is 20.2. The minimum atomic E-state index is -1.16. The lowest BCUT2D eigenvalue weighted by Gasteiger charge is -2.28. The summed E-state index contributed by atoms with van der Waals surface area (Å²) in [5.74, 6) is 0. The number of hydrogen-bond acceptors (Lipinski definition) is 3. The fourth-order valence-electron chi connectivity index (χ4n) is 2.21. The van der Waals surface area contributed by atoms with Crippen LogP contribution in [0, 0.1) is 0 Å². The Kier molecular flexibility index (Phi) is 5.47. The Balaban J connectivity index is 1.84. The van der Waals surface area contributed by atoms with Gasteiger partial charge in [0.15, 0.2) is 0 Å². The Bertz CT molecular complexity index is 565. The number of carbonyl (C=O) groups excluding carboxylic acids is 1. The van der Waals surface area contributed by atoms with Gasteiger partial charge < -0.3 is 10.1 Å². The van der Waals surface area contributed by atoms with Crippen LogP contribution in [0.3, 0.4) is 0 Å². The van der Waals surface area contributed by atoms with Crippen molar-refractivity contribution in [1.82, 2.24) is 10.0 Å². The van der Waals surface area contributed by atoms with Gasteiger partial charge in [0.05, 0.1) is 21.3 Å². The molecule has 5 nitrogen and oxygen atoms in total. The van der Waals surface area contributed by atoms with Crippen molar-refractivity contribution >= 4 is 17.1 Å². The van der Waals surface area contributed by atoms with Gasteiger partial charge in [-0.3, -0.25) is 0 Å². The third kappa shape index (κ3) is 5.04. The highest BCUT2D eigenvalue weighted by atomic mass is 32.2. The number of nitrogens with one attached hydrogen (secondary N) is 2. The molecule has 0 spiro atoms. The Morgan fingerprint density at radius 1 is 1.30 bits per heavy atom. The largest absolute Gasteiger partial charge is 0.445 e. The molecule has 2 N–H and O–H groups in total. The van der Waals surface area contributed by atoms with Gasteiger partial charge >= 0.3 is 6.09 Å².